The first-order chi connectivity index (χ1) is 10.6. The minimum Gasteiger partial charge on any atom is -0.371 e. The predicted octanol–water partition coefficient (Wildman–Crippen LogP) is 3.21. The predicted molar refractivity (Wildman–Crippen MR) is 79.9 cm³/mol. The number of hydrogen-bond acceptors (Lipinski definition) is 6. The number of nitrogens with zero attached hydrogens (tertiary/aromatic N) is 2. The highest BCUT2D eigenvalue weighted by molar-refractivity contribution is 7.86. The van der Waals surface area contributed by atoms with Crippen molar-refractivity contribution >= 4 is 21.5 Å². The summed E-state index contributed by atoms with van der Waals surface area (Å²) < 4.78 is 33.7. The van der Waals surface area contributed by atoms with E-state index in [1.54, 1.807) is 12.1 Å². The van der Waals surface area contributed by atoms with Crippen LogP contribution in [0.15, 0.2) is 69.7 Å². The fraction of sp³-hybridized carbons (Fsp3) is 0.200. The molecule has 0 saturated carbocycles. The zero-order valence-electron chi connectivity index (χ0n) is 11.6. The van der Waals surface area contributed by atoms with Gasteiger partial charge in [0, 0.05) is 0 Å². The van der Waals surface area contributed by atoms with E-state index in [2.05, 4.69) is 10.2 Å². The number of rotatable bonds is 6. The zero-order chi connectivity index (χ0) is 15.4. The molecule has 114 valence electrons. The molecule has 7 heteroatoms. The first-order valence-corrected chi connectivity index (χ1v) is 8.12. The Morgan fingerprint density at radius 3 is 2.18 bits per heavy atom. The summed E-state index contributed by atoms with van der Waals surface area (Å²) in [5.74, 6) is 0. The molecule has 0 spiro atoms. The van der Waals surface area contributed by atoms with E-state index in [1.807, 2.05) is 30.3 Å². The highest BCUT2D eigenvalue weighted by Gasteiger charge is 2.26. The van der Waals surface area contributed by atoms with E-state index >= 15 is 0 Å². The van der Waals surface area contributed by atoms with Crippen LogP contribution in [0.4, 0.5) is 11.4 Å². The number of benzene rings is 2. The van der Waals surface area contributed by atoms with E-state index < -0.39 is 10.1 Å². The molecular weight excluding hydrogens is 304 g/mol. The highest BCUT2D eigenvalue weighted by atomic mass is 32.2. The van der Waals surface area contributed by atoms with E-state index in [9.17, 15) is 8.42 Å². The summed E-state index contributed by atoms with van der Waals surface area (Å²) in [6, 6.07) is 15.3. The summed E-state index contributed by atoms with van der Waals surface area (Å²) in [6.45, 7) is 0.603. The lowest BCUT2D eigenvalue weighted by Crippen LogP contribution is -2.10. The van der Waals surface area contributed by atoms with Crippen molar-refractivity contribution in [3.63, 3.8) is 0 Å². The second kappa shape index (κ2) is 6.35. The number of ether oxygens (including phenoxy) is 1. The highest BCUT2D eigenvalue weighted by Crippen LogP contribution is 2.21. The molecule has 0 N–H and O–H groups in total. The Labute approximate surface area is 128 Å². The van der Waals surface area contributed by atoms with Crippen LogP contribution in [0, 0.1) is 0 Å². The molecule has 1 aliphatic heterocycles. The molecule has 2 aromatic rings. The van der Waals surface area contributed by atoms with Gasteiger partial charge in [0.15, 0.2) is 0 Å². The molecule has 1 atom stereocenters. The van der Waals surface area contributed by atoms with Gasteiger partial charge in [-0.25, -0.2) is 0 Å². The molecule has 1 fully saturated rings. The van der Waals surface area contributed by atoms with Crippen LogP contribution in [0.5, 0.6) is 0 Å². The molecule has 1 unspecified atom stereocenters. The third-order valence-electron chi connectivity index (χ3n) is 2.97. The SMILES string of the molecule is O=S(=O)(OCC1CO1)c1ccc(N=Nc2ccccc2)cc1. The smallest absolute Gasteiger partial charge is 0.297 e. The molecule has 1 saturated heterocycles. The Morgan fingerprint density at radius 1 is 1.00 bits per heavy atom. The molecule has 22 heavy (non-hydrogen) atoms. The lowest BCUT2D eigenvalue weighted by Gasteiger charge is -2.04. The topological polar surface area (TPSA) is 80.6 Å². The van der Waals surface area contributed by atoms with Crippen LogP contribution in [0.3, 0.4) is 0 Å². The zero-order valence-corrected chi connectivity index (χ0v) is 12.4. The van der Waals surface area contributed by atoms with Crippen LogP contribution < -0.4 is 0 Å². The molecule has 0 aliphatic carbocycles. The summed E-state index contributed by atoms with van der Waals surface area (Å²) in [5, 5.41) is 8.12. The Bertz CT molecular complexity index is 754. The second-order valence-electron chi connectivity index (χ2n) is 4.72. The lowest BCUT2D eigenvalue weighted by molar-refractivity contribution is 0.266. The summed E-state index contributed by atoms with van der Waals surface area (Å²) in [4.78, 5) is 0.0896. The van der Waals surface area contributed by atoms with Crippen molar-refractivity contribution in [2.75, 3.05) is 13.2 Å². The van der Waals surface area contributed by atoms with Crippen LogP contribution in [-0.4, -0.2) is 27.7 Å². The Morgan fingerprint density at radius 2 is 1.59 bits per heavy atom. The molecular formula is C15H14N2O4S. The van der Waals surface area contributed by atoms with Gasteiger partial charge in [-0.1, -0.05) is 18.2 Å². The van der Waals surface area contributed by atoms with Gasteiger partial charge in [0.1, 0.15) is 6.10 Å². The molecule has 1 aliphatic rings. The Kier molecular flexibility index (Phi) is 4.28. The molecule has 2 aromatic carbocycles. The number of azo groups is 1. The maximum atomic E-state index is 11.9. The van der Waals surface area contributed by atoms with Gasteiger partial charge >= 0.3 is 0 Å². The van der Waals surface area contributed by atoms with Gasteiger partial charge in [-0.05, 0) is 36.4 Å². The normalized spacial score (nSPS) is 17.7. The lowest BCUT2D eigenvalue weighted by atomic mass is 10.3. The van der Waals surface area contributed by atoms with Crippen LogP contribution >= 0.6 is 0 Å². The fourth-order valence-electron chi connectivity index (χ4n) is 1.69. The first-order valence-electron chi connectivity index (χ1n) is 6.71. The molecule has 0 aromatic heterocycles. The molecule has 3 rings (SSSR count). The largest absolute Gasteiger partial charge is 0.371 e. The Balaban J connectivity index is 1.68. The third kappa shape index (κ3) is 3.97. The van der Waals surface area contributed by atoms with Gasteiger partial charge in [0.05, 0.1) is 29.5 Å². The summed E-state index contributed by atoms with van der Waals surface area (Å²) >= 11 is 0. The van der Waals surface area contributed by atoms with Gasteiger partial charge in [-0.2, -0.15) is 18.6 Å². The van der Waals surface area contributed by atoms with Crippen LogP contribution in [0.1, 0.15) is 0 Å². The van der Waals surface area contributed by atoms with Gasteiger partial charge in [0.2, 0.25) is 0 Å². The van der Waals surface area contributed by atoms with Crippen LogP contribution in [0.2, 0.25) is 0 Å². The van der Waals surface area contributed by atoms with Crippen molar-refractivity contribution in [1.82, 2.24) is 0 Å². The van der Waals surface area contributed by atoms with E-state index in [1.165, 1.54) is 12.1 Å². The number of hydrogen-bond donors (Lipinski definition) is 0. The number of epoxide rings is 1. The molecule has 0 amide bonds. The van der Waals surface area contributed by atoms with E-state index in [0.717, 1.165) is 5.69 Å². The van der Waals surface area contributed by atoms with Crippen molar-refractivity contribution in [3.8, 4) is 0 Å². The molecule has 1 heterocycles. The second-order valence-corrected chi connectivity index (χ2v) is 6.34. The first kappa shape index (κ1) is 14.8. The average molecular weight is 318 g/mol. The average Bonchev–Trinajstić information content (AvgIpc) is 3.37. The van der Waals surface area contributed by atoms with Crippen molar-refractivity contribution in [1.29, 1.82) is 0 Å². The van der Waals surface area contributed by atoms with Gasteiger partial charge in [0.25, 0.3) is 10.1 Å². The maximum absolute atomic E-state index is 11.9. The van der Waals surface area contributed by atoms with Gasteiger partial charge in [-0.3, -0.25) is 4.18 Å². The molecule has 0 radical (unpaired) electrons. The quantitative estimate of drug-likeness (QED) is 0.465. The molecule has 0 bridgehead atoms. The van der Waals surface area contributed by atoms with Crippen molar-refractivity contribution in [2.45, 2.75) is 11.0 Å². The monoisotopic (exact) mass is 318 g/mol. The van der Waals surface area contributed by atoms with Crippen molar-refractivity contribution in [2.24, 2.45) is 10.2 Å². The summed E-state index contributed by atoms with van der Waals surface area (Å²) in [6.07, 6.45) is -0.103. The van der Waals surface area contributed by atoms with E-state index in [-0.39, 0.29) is 17.6 Å². The van der Waals surface area contributed by atoms with Crippen LogP contribution in [-0.2, 0) is 19.0 Å². The van der Waals surface area contributed by atoms with Gasteiger partial charge < -0.3 is 4.74 Å². The summed E-state index contributed by atoms with van der Waals surface area (Å²) in [7, 11) is -3.75. The standard InChI is InChI=1S/C15H14N2O4S/c18-22(19,21-11-14-10-20-14)15-8-6-13(7-9-15)17-16-12-4-2-1-3-5-12/h1-9,14H,10-11H2. The van der Waals surface area contributed by atoms with E-state index in [4.69, 9.17) is 8.92 Å². The van der Waals surface area contributed by atoms with Crippen LogP contribution in [0.25, 0.3) is 0 Å². The Hall–Kier alpha value is -2.09. The summed E-state index contributed by atoms with van der Waals surface area (Å²) in [5.41, 5.74) is 1.29. The minimum atomic E-state index is -3.75. The minimum absolute atomic E-state index is 0.0534. The fourth-order valence-corrected chi connectivity index (χ4v) is 2.62. The van der Waals surface area contributed by atoms with Gasteiger partial charge in [-0.15, -0.1) is 0 Å². The van der Waals surface area contributed by atoms with E-state index in [0.29, 0.717) is 12.3 Å². The van der Waals surface area contributed by atoms with Crippen molar-refractivity contribution in [3.05, 3.63) is 54.6 Å². The maximum Gasteiger partial charge on any atom is 0.297 e. The third-order valence-corrected chi connectivity index (χ3v) is 4.27. The van der Waals surface area contributed by atoms with Crippen molar-refractivity contribution < 1.29 is 17.3 Å². The molecule has 6 nitrogen and oxygen atoms in total.